The second-order valence-electron chi connectivity index (χ2n) is 6.32. The summed E-state index contributed by atoms with van der Waals surface area (Å²) >= 11 is 1.53. The number of anilines is 1. The summed E-state index contributed by atoms with van der Waals surface area (Å²) in [5.41, 5.74) is 1.26. The van der Waals surface area contributed by atoms with E-state index in [0.717, 1.165) is 9.79 Å². The van der Waals surface area contributed by atoms with E-state index in [9.17, 15) is 14.4 Å². The number of carbonyl (C=O) groups is 3. The van der Waals surface area contributed by atoms with Crippen LogP contribution in [-0.2, 0) is 16.6 Å². The van der Waals surface area contributed by atoms with Gasteiger partial charge in [-0.2, -0.15) is 0 Å². The molecule has 0 aliphatic rings. The van der Waals surface area contributed by atoms with Crippen molar-refractivity contribution in [3.63, 3.8) is 0 Å². The van der Waals surface area contributed by atoms with Crippen LogP contribution in [0.2, 0.25) is 0 Å². The van der Waals surface area contributed by atoms with Crippen LogP contribution in [0.15, 0.2) is 76.7 Å². The Labute approximate surface area is 172 Å². The highest BCUT2D eigenvalue weighted by molar-refractivity contribution is 7.99. The molecule has 7 heteroatoms. The number of nitrogens with zero attached hydrogens (tertiary/aromatic N) is 1. The van der Waals surface area contributed by atoms with Crippen LogP contribution in [0.3, 0.4) is 0 Å². The molecule has 0 atom stereocenters. The van der Waals surface area contributed by atoms with Crippen LogP contribution in [0, 0.1) is 0 Å². The lowest BCUT2D eigenvalue weighted by Crippen LogP contribution is -2.22. The Morgan fingerprint density at radius 3 is 2.41 bits per heavy atom. The van der Waals surface area contributed by atoms with Gasteiger partial charge in [0, 0.05) is 28.6 Å². The molecule has 0 radical (unpaired) electrons. The van der Waals surface area contributed by atoms with E-state index < -0.39 is 18.5 Å². The van der Waals surface area contributed by atoms with E-state index in [1.165, 1.54) is 29.3 Å². The van der Waals surface area contributed by atoms with Gasteiger partial charge in [0.25, 0.3) is 5.91 Å². The van der Waals surface area contributed by atoms with Crippen molar-refractivity contribution >= 4 is 35.1 Å². The molecule has 1 N–H and O–H groups in total. The highest BCUT2D eigenvalue weighted by Gasteiger charge is 2.17. The minimum atomic E-state index is -0.665. The fourth-order valence-corrected chi connectivity index (χ4v) is 3.55. The van der Waals surface area contributed by atoms with Gasteiger partial charge in [0.2, 0.25) is 0 Å². The smallest absolute Gasteiger partial charge is 0.355 e. The molecule has 0 aliphatic heterocycles. The zero-order valence-corrected chi connectivity index (χ0v) is 16.9. The van der Waals surface area contributed by atoms with E-state index in [0.29, 0.717) is 11.3 Å². The molecule has 0 aliphatic carbocycles. The van der Waals surface area contributed by atoms with E-state index in [4.69, 9.17) is 4.74 Å². The third kappa shape index (κ3) is 5.36. The highest BCUT2D eigenvalue weighted by atomic mass is 32.2. The molecule has 0 fully saturated rings. The van der Waals surface area contributed by atoms with Crippen molar-refractivity contribution in [2.24, 2.45) is 7.05 Å². The van der Waals surface area contributed by atoms with Crippen LogP contribution in [0.1, 0.15) is 27.8 Å². The first-order chi connectivity index (χ1) is 13.9. The SMILES string of the molecule is CC(=O)c1cc(C(=O)OCC(=O)Nc2ccccc2Sc2ccccc2)n(C)c1. The number of ether oxygens (including phenoxy) is 1. The zero-order chi connectivity index (χ0) is 20.8. The van der Waals surface area contributed by atoms with Crippen molar-refractivity contribution in [1.82, 2.24) is 4.57 Å². The summed E-state index contributed by atoms with van der Waals surface area (Å²) in [4.78, 5) is 37.9. The van der Waals surface area contributed by atoms with Crippen molar-refractivity contribution in [1.29, 1.82) is 0 Å². The van der Waals surface area contributed by atoms with Gasteiger partial charge in [-0.05, 0) is 37.3 Å². The number of amides is 1. The van der Waals surface area contributed by atoms with E-state index in [1.54, 1.807) is 19.3 Å². The van der Waals surface area contributed by atoms with Crippen molar-refractivity contribution in [2.45, 2.75) is 16.7 Å². The van der Waals surface area contributed by atoms with Crippen LogP contribution < -0.4 is 5.32 Å². The number of hydrogen-bond acceptors (Lipinski definition) is 5. The molecule has 1 heterocycles. The minimum absolute atomic E-state index is 0.148. The number of rotatable bonds is 7. The van der Waals surface area contributed by atoms with E-state index >= 15 is 0 Å². The van der Waals surface area contributed by atoms with Crippen LogP contribution in [0.25, 0.3) is 0 Å². The molecule has 0 saturated carbocycles. The van der Waals surface area contributed by atoms with Gasteiger partial charge in [0.05, 0.1) is 5.69 Å². The minimum Gasteiger partial charge on any atom is -0.451 e. The molecule has 0 spiro atoms. The first kappa shape index (κ1) is 20.4. The van der Waals surface area contributed by atoms with Crippen LogP contribution in [0.5, 0.6) is 0 Å². The van der Waals surface area contributed by atoms with E-state index in [1.807, 2.05) is 48.5 Å². The number of aryl methyl sites for hydroxylation is 1. The molecule has 3 aromatic rings. The molecule has 1 aromatic heterocycles. The van der Waals surface area contributed by atoms with Crippen LogP contribution in [0.4, 0.5) is 5.69 Å². The predicted octanol–water partition coefficient (Wildman–Crippen LogP) is 4.17. The first-order valence-electron chi connectivity index (χ1n) is 8.90. The second-order valence-corrected chi connectivity index (χ2v) is 7.43. The molecular formula is C22H20N2O4S. The second kappa shape index (κ2) is 9.25. The summed E-state index contributed by atoms with van der Waals surface area (Å²) < 4.78 is 6.61. The number of hydrogen-bond donors (Lipinski definition) is 1. The maximum Gasteiger partial charge on any atom is 0.355 e. The maximum absolute atomic E-state index is 12.3. The molecule has 6 nitrogen and oxygen atoms in total. The average Bonchev–Trinajstić information content (AvgIpc) is 3.11. The van der Waals surface area contributed by atoms with E-state index in [-0.39, 0.29) is 11.5 Å². The summed E-state index contributed by atoms with van der Waals surface area (Å²) in [5.74, 6) is -1.26. The normalized spacial score (nSPS) is 10.4. The fraction of sp³-hybridized carbons (Fsp3) is 0.136. The molecular weight excluding hydrogens is 388 g/mol. The largest absolute Gasteiger partial charge is 0.451 e. The number of esters is 1. The number of Topliss-reactive ketones (excluding diaryl/α,β-unsaturated/α-hetero) is 1. The van der Waals surface area contributed by atoms with Crippen molar-refractivity contribution in [2.75, 3.05) is 11.9 Å². The van der Waals surface area contributed by atoms with E-state index in [2.05, 4.69) is 5.32 Å². The zero-order valence-electron chi connectivity index (χ0n) is 16.0. The quantitative estimate of drug-likeness (QED) is 0.469. The van der Waals surface area contributed by atoms with Gasteiger partial charge in [-0.1, -0.05) is 42.1 Å². The number of ketones is 1. The fourth-order valence-electron chi connectivity index (χ4n) is 2.63. The van der Waals surface area contributed by atoms with Crippen molar-refractivity contribution < 1.29 is 19.1 Å². The molecule has 0 saturated heterocycles. The van der Waals surface area contributed by atoms with Crippen molar-refractivity contribution in [3.05, 3.63) is 78.1 Å². The van der Waals surface area contributed by atoms with Crippen molar-refractivity contribution in [3.8, 4) is 0 Å². The van der Waals surface area contributed by atoms with Crippen LogP contribution in [-0.4, -0.2) is 28.8 Å². The van der Waals surface area contributed by atoms with Gasteiger partial charge in [0.15, 0.2) is 12.4 Å². The molecule has 0 bridgehead atoms. The van der Waals surface area contributed by atoms with Gasteiger partial charge in [-0.25, -0.2) is 4.79 Å². The maximum atomic E-state index is 12.3. The lowest BCUT2D eigenvalue weighted by molar-refractivity contribution is -0.119. The molecule has 148 valence electrons. The highest BCUT2D eigenvalue weighted by Crippen LogP contribution is 2.33. The van der Waals surface area contributed by atoms with Gasteiger partial charge in [0.1, 0.15) is 5.69 Å². The van der Waals surface area contributed by atoms with Crippen LogP contribution >= 0.6 is 11.8 Å². The summed E-state index contributed by atoms with van der Waals surface area (Å²) in [7, 11) is 1.64. The Balaban J connectivity index is 1.61. The number of carbonyl (C=O) groups excluding carboxylic acids is 3. The molecule has 0 unspecified atom stereocenters. The topological polar surface area (TPSA) is 77.4 Å². The molecule has 29 heavy (non-hydrogen) atoms. The number of aromatic nitrogens is 1. The first-order valence-corrected chi connectivity index (χ1v) is 9.72. The van der Waals surface area contributed by atoms with Gasteiger partial charge >= 0.3 is 5.97 Å². The Bertz CT molecular complexity index is 1040. The summed E-state index contributed by atoms with van der Waals surface area (Å²) in [5, 5.41) is 2.78. The van der Waals surface area contributed by atoms with Gasteiger partial charge in [-0.3, -0.25) is 9.59 Å². The number of benzene rings is 2. The molecule has 2 aromatic carbocycles. The monoisotopic (exact) mass is 408 g/mol. The average molecular weight is 408 g/mol. The lowest BCUT2D eigenvalue weighted by Gasteiger charge is -2.11. The third-order valence-electron chi connectivity index (χ3n) is 4.09. The van der Waals surface area contributed by atoms with Gasteiger partial charge < -0.3 is 14.6 Å². The molecule has 3 rings (SSSR count). The Hall–Kier alpha value is -3.32. The third-order valence-corrected chi connectivity index (χ3v) is 5.17. The molecule has 1 amide bonds. The lowest BCUT2D eigenvalue weighted by atomic mass is 10.2. The summed E-state index contributed by atoms with van der Waals surface area (Å²) in [6, 6.07) is 18.7. The van der Waals surface area contributed by atoms with Gasteiger partial charge in [-0.15, -0.1) is 0 Å². The standard InChI is InChI=1S/C22H20N2O4S/c1-15(25)16-12-19(24(2)13-16)22(27)28-14-21(26)23-18-10-6-7-11-20(18)29-17-8-4-3-5-9-17/h3-13H,14H2,1-2H3,(H,23,26). The number of nitrogens with one attached hydrogen (secondary N) is 1. The predicted molar refractivity (Wildman–Crippen MR) is 111 cm³/mol. The summed E-state index contributed by atoms with van der Waals surface area (Å²) in [6.45, 7) is 0.993. The Morgan fingerprint density at radius 2 is 1.72 bits per heavy atom. The Morgan fingerprint density at radius 1 is 1.03 bits per heavy atom. The summed E-state index contributed by atoms with van der Waals surface area (Å²) in [6.07, 6.45) is 1.55. The Kier molecular flexibility index (Phi) is 6.51. The number of para-hydroxylation sites is 1.